The number of hydrogen-bond donors (Lipinski definition) is 1. The predicted octanol–water partition coefficient (Wildman–Crippen LogP) is 2.13. The summed E-state index contributed by atoms with van der Waals surface area (Å²) in [6, 6.07) is 0.167. The lowest BCUT2D eigenvalue weighted by molar-refractivity contribution is -0.139. The molecule has 0 amide bonds. The normalized spacial score (nSPS) is 23.5. The monoisotopic (exact) mass is 243 g/mol. The van der Waals surface area contributed by atoms with Gasteiger partial charge in [-0.3, -0.25) is 9.69 Å². The summed E-state index contributed by atoms with van der Waals surface area (Å²) in [4.78, 5) is 13.1. The summed E-state index contributed by atoms with van der Waals surface area (Å²) in [7, 11) is 0. The van der Waals surface area contributed by atoms with Crippen LogP contribution >= 0.6 is 0 Å². The van der Waals surface area contributed by atoms with E-state index in [0.29, 0.717) is 6.10 Å². The van der Waals surface area contributed by atoms with E-state index in [1.807, 2.05) is 0 Å². The van der Waals surface area contributed by atoms with E-state index >= 15 is 0 Å². The van der Waals surface area contributed by atoms with Crippen LogP contribution in [-0.4, -0.2) is 47.8 Å². The number of hydrogen-bond acceptors (Lipinski definition) is 3. The molecule has 0 radical (unpaired) electrons. The standard InChI is InChI=1S/C13H25NO3/c1-3-8-17-12-6-5-7-14(10-12)11(4-2)9-13(15)16/h11-12H,3-10H2,1-2H3,(H,15,16). The Morgan fingerprint density at radius 2 is 2.29 bits per heavy atom. The molecular weight excluding hydrogens is 218 g/mol. The van der Waals surface area contributed by atoms with Gasteiger partial charge in [-0.05, 0) is 32.2 Å². The molecule has 0 aromatic rings. The van der Waals surface area contributed by atoms with E-state index in [1.54, 1.807) is 0 Å². The summed E-state index contributed by atoms with van der Waals surface area (Å²) in [5.74, 6) is -0.701. The lowest BCUT2D eigenvalue weighted by atomic mass is 10.0. The number of aliphatic carboxylic acids is 1. The van der Waals surface area contributed by atoms with Crippen LogP contribution in [0.4, 0.5) is 0 Å². The average Bonchev–Trinajstić information content (AvgIpc) is 2.33. The Kier molecular flexibility index (Phi) is 6.52. The van der Waals surface area contributed by atoms with E-state index in [4.69, 9.17) is 9.84 Å². The van der Waals surface area contributed by atoms with Gasteiger partial charge < -0.3 is 9.84 Å². The summed E-state index contributed by atoms with van der Waals surface area (Å²) >= 11 is 0. The first-order valence-electron chi connectivity index (χ1n) is 6.74. The Labute approximate surface area is 104 Å². The Balaban J connectivity index is 2.43. The molecule has 0 spiro atoms. The number of carbonyl (C=O) groups is 1. The first-order valence-corrected chi connectivity index (χ1v) is 6.74. The Bertz CT molecular complexity index is 233. The molecule has 1 aliphatic heterocycles. The molecule has 1 aliphatic rings. The molecule has 100 valence electrons. The highest BCUT2D eigenvalue weighted by atomic mass is 16.5. The molecule has 4 heteroatoms. The van der Waals surface area contributed by atoms with E-state index < -0.39 is 5.97 Å². The van der Waals surface area contributed by atoms with Gasteiger partial charge in [0.15, 0.2) is 0 Å². The van der Waals surface area contributed by atoms with E-state index in [2.05, 4.69) is 18.7 Å². The Hall–Kier alpha value is -0.610. The van der Waals surface area contributed by atoms with Crippen molar-refractivity contribution in [2.75, 3.05) is 19.7 Å². The molecule has 0 bridgehead atoms. The molecule has 0 aliphatic carbocycles. The second-order valence-corrected chi connectivity index (χ2v) is 4.79. The number of carboxylic acid groups (broad SMARTS) is 1. The summed E-state index contributed by atoms with van der Waals surface area (Å²) < 4.78 is 5.77. The molecule has 1 fully saturated rings. The quantitative estimate of drug-likeness (QED) is 0.744. The maximum Gasteiger partial charge on any atom is 0.304 e. The number of likely N-dealkylation sites (tertiary alicyclic amines) is 1. The first kappa shape index (κ1) is 14.5. The van der Waals surface area contributed by atoms with Gasteiger partial charge in [0.05, 0.1) is 12.5 Å². The van der Waals surface area contributed by atoms with Gasteiger partial charge in [0.25, 0.3) is 0 Å². The van der Waals surface area contributed by atoms with E-state index in [-0.39, 0.29) is 12.5 Å². The molecule has 0 aromatic carbocycles. The summed E-state index contributed by atoms with van der Waals surface area (Å²) in [6.07, 6.45) is 4.71. The third-order valence-electron chi connectivity index (χ3n) is 3.37. The fraction of sp³-hybridized carbons (Fsp3) is 0.923. The molecule has 1 saturated heterocycles. The number of nitrogens with zero attached hydrogens (tertiary/aromatic N) is 1. The van der Waals surface area contributed by atoms with Gasteiger partial charge in [-0.25, -0.2) is 0 Å². The van der Waals surface area contributed by atoms with Crippen LogP contribution in [0.3, 0.4) is 0 Å². The maximum atomic E-state index is 10.8. The van der Waals surface area contributed by atoms with E-state index in [9.17, 15) is 4.79 Å². The van der Waals surface area contributed by atoms with Crippen molar-refractivity contribution in [3.05, 3.63) is 0 Å². The average molecular weight is 243 g/mol. The van der Waals surface area contributed by atoms with E-state index in [0.717, 1.165) is 45.4 Å². The zero-order valence-electron chi connectivity index (χ0n) is 11.0. The highest BCUT2D eigenvalue weighted by Gasteiger charge is 2.26. The van der Waals surface area contributed by atoms with Crippen LogP contribution in [0.25, 0.3) is 0 Å². The fourth-order valence-corrected chi connectivity index (χ4v) is 2.45. The van der Waals surface area contributed by atoms with Crippen LogP contribution in [0, 0.1) is 0 Å². The lowest BCUT2D eigenvalue weighted by Gasteiger charge is -2.37. The highest BCUT2D eigenvalue weighted by molar-refractivity contribution is 5.67. The second kappa shape index (κ2) is 7.67. The van der Waals surface area contributed by atoms with Crippen molar-refractivity contribution in [1.29, 1.82) is 0 Å². The van der Waals surface area contributed by atoms with Crippen molar-refractivity contribution in [2.24, 2.45) is 0 Å². The maximum absolute atomic E-state index is 10.8. The van der Waals surface area contributed by atoms with Crippen LogP contribution in [-0.2, 0) is 9.53 Å². The first-order chi connectivity index (χ1) is 8.17. The van der Waals surface area contributed by atoms with Crippen molar-refractivity contribution < 1.29 is 14.6 Å². The molecule has 1 rings (SSSR count). The molecule has 1 heterocycles. The summed E-state index contributed by atoms with van der Waals surface area (Å²) in [5.41, 5.74) is 0. The Morgan fingerprint density at radius 3 is 2.88 bits per heavy atom. The molecule has 1 N–H and O–H groups in total. The number of rotatable bonds is 7. The highest BCUT2D eigenvalue weighted by Crippen LogP contribution is 2.19. The van der Waals surface area contributed by atoms with Crippen LogP contribution in [0.5, 0.6) is 0 Å². The van der Waals surface area contributed by atoms with Gasteiger partial charge in [-0.1, -0.05) is 13.8 Å². The molecule has 0 aromatic heterocycles. The van der Waals surface area contributed by atoms with Crippen LogP contribution < -0.4 is 0 Å². The van der Waals surface area contributed by atoms with Gasteiger partial charge in [0.1, 0.15) is 0 Å². The minimum Gasteiger partial charge on any atom is -0.481 e. The number of piperidine rings is 1. The molecule has 0 saturated carbocycles. The summed E-state index contributed by atoms with van der Waals surface area (Å²) in [5, 5.41) is 8.90. The molecule has 2 unspecified atom stereocenters. The fourth-order valence-electron chi connectivity index (χ4n) is 2.45. The molecular formula is C13H25NO3. The zero-order chi connectivity index (χ0) is 12.7. The van der Waals surface area contributed by atoms with E-state index in [1.165, 1.54) is 0 Å². The van der Waals surface area contributed by atoms with Gasteiger partial charge in [0.2, 0.25) is 0 Å². The second-order valence-electron chi connectivity index (χ2n) is 4.79. The van der Waals surface area contributed by atoms with Crippen molar-refractivity contribution >= 4 is 5.97 Å². The third-order valence-corrected chi connectivity index (χ3v) is 3.37. The SMILES string of the molecule is CCCOC1CCCN(C(CC)CC(=O)O)C1. The van der Waals surface area contributed by atoms with Crippen LogP contribution in [0.15, 0.2) is 0 Å². The minimum absolute atomic E-state index is 0.167. The van der Waals surface area contributed by atoms with Gasteiger partial charge in [-0.2, -0.15) is 0 Å². The smallest absolute Gasteiger partial charge is 0.304 e. The molecule has 17 heavy (non-hydrogen) atoms. The third kappa shape index (κ3) is 5.04. The van der Waals surface area contributed by atoms with Gasteiger partial charge in [0, 0.05) is 19.2 Å². The van der Waals surface area contributed by atoms with Crippen molar-refractivity contribution in [3.63, 3.8) is 0 Å². The predicted molar refractivity (Wildman–Crippen MR) is 67.2 cm³/mol. The summed E-state index contributed by atoms with van der Waals surface area (Å²) in [6.45, 7) is 6.89. The van der Waals surface area contributed by atoms with Crippen molar-refractivity contribution in [1.82, 2.24) is 4.90 Å². The van der Waals surface area contributed by atoms with Crippen molar-refractivity contribution in [3.8, 4) is 0 Å². The van der Waals surface area contributed by atoms with Crippen molar-refractivity contribution in [2.45, 2.75) is 58.1 Å². The number of carboxylic acids is 1. The van der Waals surface area contributed by atoms with Crippen LogP contribution in [0.1, 0.15) is 46.0 Å². The van der Waals surface area contributed by atoms with Gasteiger partial charge in [-0.15, -0.1) is 0 Å². The largest absolute Gasteiger partial charge is 0.481 e. The lowest BCUT2D eigenvalue weighted by Crippen LogP contribution is -2.46. The molecule has 2 atom stereocenters. The van der Waals surface area contributed by atoms with Crippen LogP contribution in [0.2, 0.25) is 0 Å². The number of ether oxygens (including phenoxy) is 1. The Morgan fingerprint density at radius 1 is 1.53 bits per heavy atom. The van der Waals surface area contributed by atoms with Gasteiger partial charge >= 0.3 is 5.97 Å². The minimum atomic E-state index is -0.701. The topological polar surface area (TPSA) is 49.8 Å². The zero-order valence-corrected chi connectivity index (χ0v) is 11.0. The molecule has 4 nitrogen and oxygen atoms in total.